The van der Waals surface area contributed by atoms with Gasteiger partial charge in [0.25, 0.3) is 0 Å². The van der Waals surface area contributed by atoms with E-state index in [1.165, 1.54) is 18.0 Å². The number of carbonyl (C=O) groups is 1. The summed E-state index contributed by atoms with van der Waals surface area (Å²) in [6.07, 6.45) is 1.38. The Labute approximate surface area is 86.3 Å². The number of hydrogen-bond acceptors (Lipinski definition) is 4. The third kappa shape index (κ3) is 2.65. The van der Waals surface area contributed by atoms with Crippen molar-refractivity contribution in [2.24, 2.45) is 0 Å². The third-order valence-electron chi connectivity index (χ3n) is 1.50. The summed E-state index contributed by atoms with van der Waals surface area (Å²) in [4.78, 5) is 11.4. The molecule has 0 saturated heterocycles. The van der Waals surface area contributed by atoms with Crippen LogP contribution in [0.15, 0.2) is 17.8 Å². The Morgan fingerprint density at radius 3 is 3.07 bits per heavy atom. The highest BCUT2D eigenvalue weighted by atomic mass is 35.5. The molecule has 0 aromatic carbocycles. The van der Waals surface area contributed by atoms with Gasteiger partial charge in [0, 0.05) is 12.1 Å². The number of carbonyl (C=O) groups excluding carboxylic acids is 1. The van der Waals surface area contributed by atoms with E-state index in [9.17, 15) is 4.79 Å². The number of hydrogen-bond donors (Lipinski definition) is 0. The minimum atomic E-state index is -0.185. The lowest BCUT2D eigenvalue weighted by Gasteiger charge is -2.02. The molecule has 0 aliphatic rings. The normalized spacial score (nSPS) is 10.1. The molecule has 0 atom stereocenters. The SMILES string of the molecule is C=C(Cl)Cn1nncc1C(=O)COC. The molecule has 0 N–H and O–H groups in total. The van der Waals surface area contributed by atoms with E-state index in [4.69, 9.17) is 16.3 Å². The van der Waals surface area contributed by atoms with Crippen molar-refractivity contribution in [3.8, 4) is 0 Å². The van der Waals surface area contributed by atoms with E-state index in [1.54, 1.807) is 0 Å². The Morgan fingerprint density at radius 2 is 2.50 bits per heavy atom. The van der Waals surface area contributed by atoms with Gasteiger partial charge in [0.15, 0.2) is 0 Å². The topological polar surface area (TPSA) is 57.0 Å². The van der Waals surface area contributed by atoms with Gasteiger partial charge in [-0.05, 0) is 0 Å². The van der Waals surface area contributed by atoms with E-state index in [1.807, 2.05) is 0 Å². The van der Waals surface area contributed by atoms with Crippen molar-refractivity contribution in [2.75, 3.05) is 13.7 Å². The minimum Gasteiger partial charge on any atom is -0.376 e. The fourth-order valence-electron chi connectivity index (χ4n) is 0.958. The number of allylic oxidation sites excluding steroid dienone is 1. The van der Waals surface area contributed by atoms with Crippen molar-refractivity contribution in [1.82, 2.24) is 15.0 Å². The lowest BCUT2D eigenvalue weighted by atomic mass is 10.3. The maximum Gasteiger partial charge on any atom is 0.208 e. The van der Waals surface area contributed by atoms with Crippen molar-refractivity contribution in [1.29, 1.82) is 0 Å². The number of Topliss-reactive ketones (excluding diaryl/α,β-unsaturated/α-hetero) is 1. The first-order valence-corrected chi connectivity index (χ1v) is 4.27. The second-order valence-electron chi connectivity index (χ2n) is 2.65. The van der Waals surface area contributed by atoms with E-state index in [0.29, 0.717) is 10.7 Å². The molecule has 14 heavy (non-hydrogen) atoms. The fraction of sp³-hybridized carbons (Fsp3) is 0.375. The van der Waals surface area contributed by atoms with Gasteiger partial charge >= 0.3 is 0 Å². The molecule has 0 unspecified atom stereocenters. The highest BCUT2D eigenvalue weighted by molar-refractivity contribution is 6.29. The van der Waals surface area contributed by atoms with E-state index in [-0.39, 0.29) is 18.9 Å². The summed E-state index contributed by atoms with van der Waals surface area (Å²) in [5.41, 5.74) is 0.369. The summed E-state index contributed by atoms with van der Waals surface area (Å²) in [5.74, 6) is -0.185. The van der Waals surface area contributed by atoms with Gasteiger partial charge in [-0.1, -0.05) is 23.4 Å². The van der Waals surface area contributed by atoms with E-state index >= 15 is 0 Å². The Balaban J connectivity index is 2.81. The number of aromatic nitrogens is 3. The average molecular weight is 216 g/mol. The number of ketones is 1. The highest BCUT2D eigenvalue weighted by Gasteiger charge is 2.12. The van der Waals surface area contributed by atoms with Gasteiger partial charge in [0.1, 0.15) is 12.3 Å². The number of halogens is 1. The van der Waals surface area contributed by atoms with Crippen LogP contribution < -0.4 is 0 Å². The molecule has 0 fully saturated rings. The number of rotatable bonds is 5. The predicted octanol–water partition coefficient (Wildman–Crippen LogP) is 0.860. The highest BCUT2D eigenvalue weighted by Crippen LogP contribution is 2.05. The van der Waals surface area contributed by atoms with Crippen molar-refractivity contribution in [3.05, 3.63) is 23.5 Å². The van der Waals surface area contributed by atoms with Gasteiger partial charge < -0.3 is 4.74 Å². The summed E-state index contributed by atoms with van der Waals surface area (Å²) >= 11 is 5.60. The third-order valence-corrected chi connectivity index (χ3v) is 1.62. The van der Waals surface area contributed by atoms with Crippen LogP contribution in [0.1, 0.15) is 10.5 Å². The minimum absolute atomic E-state index is 0.00212. The lowest BCUT2D eigenvalue weighted by Crippen LogP contribution is -2.14. The molecule has 5 nitrogen and oxygen atoms in total. The molecule has 0 aliphatic heterocycles. The molecule has 1 heterocycles. The first kappa shape index (κ1) is 10.9. The molecule has 1 rings (SSSR count). The standard InChI is InChI=1S/C8H10ClN3O2/c1-6(9)4-12-7(3-10-11-12)8(13)5-14-2/h3H,1,4-5H2,2H3. The van der Waals surface area contributed by atoms with Crippen LogP contribution in [-0.2, 0) is 11.3 Å². The Kier molecular flexibility index (Phi) is 3.79. The second-order valence-corrected chi connectivity index (χ2v) is 3.18. The summed E-state index contributed by atoms with van der Waals surface area (Å²) in [6.45, 7) is 3.78. The zero-order chi connectivity index (χ0) is 10.6. The van der Waals surface area contributed by atoms with Crippen molar-refractivity contribution < 1.29 is 9.53 Å². The first-order chi connectivity index (χ1) is 6.65. The monoisotopic (exact) mass is 215 g/mol. The average Bonchev–Trinajstić information content (AvgIpc) is 2.51. The fourth-order valence-corrected chi connectivity index (χ4v) is 1.07. The van der Waals surface area contributed by atoms with Crippen molar-refractivity contribution >= 4 is 17.4 Å². The first-order valence-electron chi connectivity index (χ1n) is 3.89. The second kappa shape index (κ2) is 4.88. The van der Waals surface area contributed by atoms with Crippen LogP contribution in [0.25, 0.3) is 0 Å². The van der Waals surface area contributed by atoms with E-state index < -0.39 is 0 Å². The van der Waals surface area contributed by atoms with Gasteiger partial charge in [0.2, 0.25) is 5.78 Å². The van der Waals surface area contributed by atoms with E-state index in [0.717, 1.165) is 0 Å². The van der Waals surface area contributed by atoms with Crippen LogP contribution >= 0.6 is 11.6 Å². The molecule has 1 aromatic heterocycles. The van der Waals surface area contributed by atoms with Gasteiger partial charge in [-0.3, -0.25) is 4.79 Å². The molecule has 0 aliphatic carbocycles. The number of nitrogens with zero attached hydrogens (tertiary/aromatic N) is 3. The van der Waals surface area contributed by atoms with Crippen LogP contribution in [0.4, 0.5) is 0 Å². The number of ether oxygens (including phenoxy) is 1. The molecule has 0 spiro atoms. The maximum absolute atomic E-state index is 11.4. The predicted molar refractivity (Wildman–Crippen MR) is 51.2 cm³/mol. The maximum atomic E-state index is 11.4. The van der Waals surface area contributed by atoms with Gasteiger partial charge in [-0.25, -0.2) is 4.68 Å². The molecular weight excluding hydrogens is 206 g/mol. The molecule has 0 amide bonds. The summed E-state index contributed by atoms with van der Waals surface area (Å²) < 4.78 is 6.10. The summed E-state index contributed by atoms with van der Waals surface area (Å²) in [7, 11) is 1.45. The van der Waals surface area contributed by atoms with Crippen LogP contribution in [0, 0.1) is 0 Å². The molecule has 0 radical (unpaired) electrons. The molecular formula is C8H10ClN3O2. The van der Waals surface area contributed by atoms with Crippen molar-refractivity contribution in [2.45, 2.75) is 6.54 Å². The van der Waals surface area contributed by atoms with Crippen molar-refractivity contribution in [3.63, 3.8) is 0 Å². The summed E-state index contributed by atoms with van der Waals surface area (Å²) in [6, 6.07) is 0. The Bertz CT molecular complexity index is 348. The quantitative estimate of drug-likeness (QED) is 0.684. The Hall–Kier alpha value is -1.20. The van der Waals surface area contributed by atoms with Gasteiger partial charge in [-0.15, -0.1) is 5.10 Å². The number of methoxy groups -OCH3 is 1. The van der Waals surface area contributed by atoms with Crippen LogP contribution in [0.3, 0.4) is 0 Å². The Morgan fingerprint density at radius 1 is 1.79 bits per heavy atom. The molecule has 0 bridgehead atoms. The molecule has 6 heteroatoms. The van der Waals surface area contributed by atoms with Crippen LogP contribution in [0.5, 0.6) is 0 Å². The van der Waals surface area contributed by atoms with Gasteiger partial charge in [-0.2, -0.15) is 0 Å². The zero-order valence-electron chi connectivity index (χ0n) is 7.73. The smallest absolute Gasteiger partial charge is 0.208 e. The van der Waals surface area contributed by atoms with Gasteiger partial charge in [0.05, 0.1) is 12.7 Å². The zero-order valence-corrected chi connectivity index (χ0v) is 8.49. The molecule has 76 valence electrons. The molecule has 1 aromatic rings. The largest absolute Gasteiger partial charge is 0.376 e. The summed E-state index contributed by atoms with van der Waals surface area (Å²) in [5, 5.41) is 7.71. The van der Waals surface area contributed by atoms with Crippen LogP contribution in [-0.4, -0.2) is 34.5 Å². The molecule has 0 saturated carbocycles. The van der Waals surface area contributed by atoms with E-state index in [2.05, 4.69) is 16.9 Å². The van der Waals surface area contributed by atoms with Crippen LogP contribution in [0.2, 0.25) is 0 Å². The lowest BCUT2D eigenvalue weighted by molar-refractivity contribution is 0.0837.